The van der Waals surface area contributed by atoms with E-state index in [0.29, 0.717) is 6.42 Å². The Morgan fingerprint density at radius 1 is 1.36 bits per heavy atom. The van der Waals surface area contributed by atoms with E-state index < -0.39 is 33.1 Å². The van der Waals surface area contributed by atoms with Gasteiger partial charge in [0.25, 0.3) is 5.91 Å². The zero-order valence-corrected chi connectivity index (χ0v) is 12.7. The van der Waals surface area contributed by atoms with Gasteiger partial charge in [-0.05, 0) is 31.0 Å². The zero-order chi connectivity index (χ0) is 16.1. The minimum absolute atomic E-state index is 0.0238. The molecule has 8 heteroatoms. The van der Waals surface area contributed by atoms with Crippen LogP contribution < -0.4 is 5.32 Å². The Bertz CT molecular complexity index is 777. The molecular formula is C14H15FN2O4S. The lowest BCUT2D eigenvalue weighted by molar-refractivity contribution is -0.131. The van der Waals surface area contributed by atoms with Crippen molar-refractivity contribution in [2.75, 3.05) is 12.3 Å². The molecule has 0 radical (unpaired) electrons. The van der Waals surface area contributed by atoms with Crippen molar-refractivity contribution in [2.45, 2.75) is 30.2 Å². The number of nitrogens with one attached hydrogen (secondary N) is 1. The SMILES string of the molecule is CCCN1C(=O)N[C@@]2(CCS(=O)(=O)c3ccc(F)cc32)C1=O. The Morgan fingerprint density at radius 3 is 2.77 bits per heavy atom. The highest BCUT2D eigenvalue weighted by Gasteiger charge is 2.56. The number of fused-ring (bicyclic) bond motifs is 2. The third-order valence-corrected chi connectivity index (χ3v) is 5.87. The van der Waals surface area contributed by atoms with Crippen LogP contribution >= 0.6 is 0 Å². The Hall–Kier alpha value is -1.96. The molecule has 0 unspecified atom stereocenters. The van der Waals surface area contributed by atoms with Crippen LogP contribution in [0.15, 0.2) is 23.1 Å². The summed E-state index contributed by atoms with van der Waals surface area (Å²) in [7, 11) is -3.58. The van der Waals surface area contributed by atoms with Crippen molar-refractivity contribution in [3.63, 3.8) is 0 Å². The first kappa shape index (κ1) is 15.0. The van der Waals surface area contributed by atoms with Crippen molar-refractivity contribution in [1.29, 1.82) is 0 Å². The number of hydrogen-bond acceptors (Lipinski definition) is 4. The smallest absolute Gasteiger partial charge is 0.319 e. The number of carbonyl (C=O) groups is 2. The van der Waals surface area contributed by atoms with Crippen LogP contribution in [0, 0.1) is 5.82 Å². The maximum absolute atomic E-state index is 13.6. The van der Waals surface area contributed by atoms with Gasteiger partial charge >= 0.3 is 6.03 Å². The molecule has 2 heterocycles. The van der Waals surface area contributed by atoms with E-state index in [-0.39, 0.29) is 29.2 Å². The van der Waals surface area contributed by atoms with E-state index >= 15 is 0 Å². The summed E-state index contributed by atoms with van der Waals surface area (Å²) in [6.45, 7) is 2.06. The van der Waals surface area contributed by atoms with E-state index in [1.54, 1.807) is 0 Å². The lowest BCUT2D eigenvalue weighted by atomic mass is 9.86. The summed E-state index contributed by atoms with van der Waals surface area (Å²) in [4.78, 5) is 25.7. The summed E-state index contributed by atoms with van der Waals surface area (Å²) in [6.07, 6.45) is 0.500. The number of carbonyl (C=O) groups excluding carboxylic acids is 2. The van der Waals surface area contributed by atoms with Crippen molar-refractivity contribution in [1.82, 2.24) is 10.2 Å². The Kier molecular flexibility index (Phi) is 3.24. The lowest BCUT2D eigenvalue weighted by Crippen LogP contribution is -2.49. The molecule has 118 valence electrons. The van der Waals surface area contributed by atoms with E-state index in [4.69, 9.17) is 0 Å². The molecule has 22 heavy (non-hydrogen) atoms. The number of sulfone groups is 1. The highest BCUT2D eigenvalue weighted by Crippen LogP contribution is 2.41. The number of urea groups is 1. The molecule has 2 aliphatic heterocycles. The Morgan fingerprint density at radius 2 is 2.09 bits per heavy atom. The van der Waals surface area contributed by atoms with E-state index in [0.717, 1.165) is 23.1 Å². The number of nitrogens with zero attached hydrogens (tertiary/aromatic N) is 1. The minimum atomic E-state index is -3.58. The van der Waals surface area contributed by atoms with Crippen LogP contribution in [-0.2, 0) is 20.2 Å². The van der Waals surface area contributed by atoms with Gasteiger partial charge < -0.3 is 5.32 Å². The molecule has 1 atom stereocenters. The standard InChI is InChI=1S/C14H15FN2O4S/c1-2-6-17-12(18)14(16-13(17)19)5-7-22(20,21)11-4-3-9(15)8-10(11)14/h3-4,8H,2,5-7H2,1H3,(H,16,19)/t14-/m1/s1. The van der Waals surface area contributed by atoms with E-state index in [1.807, 2.05) is 6.92 Å². The second-order valence-electron chi connectivity index (χ2n) is 5.50. The van der Waals surface area contributed by atoms with Gasteiger partial charge in [0.15, 0.2) is 9.84 Å². The fourth-order valence-corrected chi connectivity index (χ4v) is 4.68. The predicted molar refractivity (Wildman–Crippen MR) is 75.3 cm³/mol. The van der Waals surface area contributed by atoms with Crippen molar-refractivity contribution < 1.29 is 22.4 Å². The summed E-state index contributed by atoms with van der Waals surface area (Å²) in [5.41, 5.74) is -1.45. The first-order chi connectivity index (χ1) is 10.3. The Balaban J connectivity index is 2.20. The van der Waals surface area contributed by atoms with Crippen LogP contribution in [0.25, 0.3) is 0 Å². The molecule has 0 bridgehead atoms. The number of imide groups is 1. The number of amides is 3. The first-order valence-electron chi connectivity index (χ1n) is 6.99. The van der Waals surface area contributed by atoms with Crippen LogP contribution in [0.3, 0.4) is 0 Å². The second-order valence-corrected chi connectivity index (χ2v) is 7.58. The van der Waals surface area contributed by atoms with Gasteiger partial charge in [-0.25, -0.2) is 17.6 Å². The second kappa shape index (κ2) is 4.77. The molecule has 6 nitrogen and oxygen atoms in total. The lowest BCUT2D eigenvalue weighted by Gasteiger charge is -2.33. The molecule has 1 N–H and O–H groups in total. The van der Waals surface area contributed by atoms with Crippen molar-refractivity contribution in [3.05, 3.63) is 29.6 Å². The van der Waals surface area contributed by atoms with Gasteiger partial charge in [-0.1, -0.05) is 6.92 Å². The third-order valence-electron chi connectivity index (χ3n) is 4.11. The largest absolute Gasteiger partial charge is 0.325 e. The first-order valence-corrected chi connectivity index (χ1v) is 8.64. The highest BCUT2D eigenvalue weighted by molar-refractivity contribution is 7.91. The average molecular weight is 326 g/mol. The van der Waals surface area contributed by atoms with E-state index in [1.165, 1.54) is 0 Å². The van der Waals surface area contributed by atoms with Gasteiger partial charge in [0.2, 0.25) is 0 Å². The summed E-state index contributed by atoms with van der Waals surface area (Å²) < 4.78 is 37.9. The van der Waals surface area contributed by atoms with Crippen molar-refractivity contribution in [2.24, 2.45) is 0 Å². The van der Waals surface area contributed by atoms with E-state index in [2.05, 4.69) is 5.32 Å². The van der Waals surface area contributed by atoms with Crippen LogP contribution in [0.4, 0.5) is 9.18 Å². The Labute approximate surface area is 127 Å². The van der Waals surface area contributed by atoms with Gasteiger partial charge in [0, 0.05) is 12.1 Å². The minimum Gasteiger partial charge on any atom is -0.319 e. The molecule has 3 rings (SSSR count). The molecule has 3 amide bonds. The van der Waals surface area contributed by atoms with Crippen LogP contribution in [0.2, 0.25) is 0 Å². The quantitative estimate of drug-likeness (QED) is 0.653. The zero-order valence-electron chi connectivity index (χ0n) is 11.9. The fraction of sp³-hybridized carbons (Fsp3) is 0.429. The number of rotatable bonds is 2. The summed E-state index contributed by atoms with van der Waals surface area (Å²) in [5.74, 6) is -1.43. The molecule has 0 aliphatic carbocycles. The molecule has 0 saturated carbocycles. The fourth-order valence-electron chi connectivity index (χ4n) is 3.04. The van der Waals surface area contributed by atoms with Crippen LogP contribution in [0.5, 0.6) is 0 Å². The van der Waals surface area contributed by atoms with Gasteiger partial charge in [-0.2, -0.15) is 0 Å². The average Bonchev–Trinajstić information content (AvgIpc) is 2.69. The molecule has 1 fully saturated rings. The molecule has 1 saturated heterocycles. The van der Waals surface area contributed by atoms with Gasteiger partial charge in [-0.3, -0.25) is 9.69 Å². The normalized spacial score (nSPS) is 26.2. The molecule has 1 aromatic rings. The van der Waals surface area contributed by atoms with E-state index in [9.17, 15) is 22.4 Å². The monoisotopic (exact) mass is 326 g/mol. The van der Waals surface area contributed by atoms with Gasteiger partial charge in [-0.15, -0.1) is 0 Å². The van der Waals surface area contributed by atoms with Crippen molar-refractivity contribution in [3.8, 4) is 0 Å². The molecular weight excluding hydrogens is 311 g/mol. The highest BCUT2D eigenvalue weighted by atomic mass is 32.2. The molecule has 1 spiro atoms. The third kappa shape index (κ3) is 1.93. The maximum Gasteiger partial charge on any atom is 0.325 e. The van der Waals surface area contributed by atoms with Gasteiger partial charge in [0.1, 0.15) is 11.4 Å². The summed E-state index contributed by atoms with van der Waals surface area (Å²) >= 11 is 0. The van der Waals surface area contributed by atoms with Crippen LogP contribution in [-0.4, -0.2) is 37.6 Å². The topological polar surface area (TPSA) is 83.6 Å². The van der Waals surface area contributed by atoms with Crippen molar-refractivity contribution >= 4 is 21.8 Å². The predicted octanol–water partition coefficient (Wildman–Crippen LogP) is 1.16. The maximum atomic E-state index is 13.6. The summed E-state index contributed by atoms with van der Waals surface area (Å²) in [5, 5.41) is 2.58. The van der Waals surface area contributed by atoms with Gasteiger partial charge in [0.05, 0.1) is 10.6 Å². The summed E-state index contributed by atoms with van der Waals surface area (Å²) in [6, 6.07) is 2.66. The number of hydrogen-bond donors (Lipinski definition) is 1. The molecule has 1 aromatic carbocycles. The number of halogens is 1. The molecule has 2 aliphatic rings. The molecule has 0 aromatic heterocycles. The number of benzene rings is 1. The van der Waals surface area contributed by atoms with Crippen LogP contribution in [0.1, 0.15) is 25.3 Å².